The van der Waals surface area contributed by atoms with Crippen molar-refractivity contribution in [2.24, 2.45) is 0 Å². The number of ether oxygens (including phenoxy) is 1. The number of sulfonamides is 1. The third-order valence-electron chi connectivity index (χ3n) is 5.38. The van der Waals surface area contributed by atoms with E-state index in [2.05, 4.69) is 10.6 Å². The minimum absolute atomic E-state index is 0.140. The van der Waals surface area contributed by atoms with E-state index in [1.54, 1.807) is 18.2 Å². The molecule has 31 heavy (non-hydrogen) atoms. The first-order valence-corrected chi connectivity index (χ1v) is 11.7. The van der Waals surface area contributed by atoms with E-state index >= 15 is 0 Å². The SMILES string of the molecule is Cc1ccc(C(=O)NC2CC2)cc1NC(=O)c1ccc(S(=O)(=O)N2CCOCC2)cc1. The highest BCUT2D eigenvalue weighted by Gasteiger charge is 2.26. The molecule has 1 saturated carbocycles. The van der Waals surface area contributed by atoms with Crippen molar-refractivity contribution in [2.75, 3.05) is 31.6 Å². The van der Waals surface area contributed by atoms with Crippen molar-refractivity contribution in [3.05, 3.63) is 59.2 Å². The zero-order valence-electron chi connectivity index (χ0n) is 17.3. The Morgan fingerprint density at radius 1 is 0.968 bits per heavy atom. The predicted molar refractivity (Wildman–Crippen MR) is 116 cm³/mol. The van der Waals surface area contributed by atoms with Crippen LogP contribution in [0.2, 0.25) is 0 Å². The molecule has 0 unspecified atom stereocenters. The summed E-state index contributed by atoms with van der Waals surface area (Å²) in [4.78, 5) is 25.1. The summed E-state index contributed by atoms with van der Waals surface area (Å²) in [6.45, 7) is 3.22. The van der Waals surface area contributed by atoms with E-state index in [1.165, 1.54) is 28.6 Å². The second-order valence-corrected chi connectivity index (χ2v) is 9.71. The highest BCUT2D eigenvalue weighted by Crippen LogP contribution is 2.22. The van der Waals surface area contributed by atoms with Gasteiger partial charge < -0.3 is 15.4 Å². The van der Waals surface area contributed by atoms with E-state index < -0.39 is 10.0 Å². The number of carbonyl (C=O) groups is 2. The number of nitrogens with one attached hydrogen (secondary N) is 2. The summed E-state index contributed by atoms with van der Waals surface area (Å²) in [6.07, 6.45) is 2.00. The summed E-state index contributed by atoms with van der Waals surface area (Å²) in [7, 11) is -3.61. The minimum Gasteiger partial charge on any atom is -0.379 e. The van der Waals surface area contributed by atoms with Gasteiger partial charge in [0.2, 0.25) is 10.0 Å². The Bertz CT molecular complexity index is 1090. The van der Waals surface area contributed by atoms with Gasteiger partial charge in [-0.05, 0) is 61.7 Å². The van der Waals surface area contributed by atoms with Gasteiger partial charge in [-0.3, -0.25) is 9.59 Å². The van der Waals surface area contributed by atoms with Gasteiger partial charge in [0.25, 0.3) is 11.8 Å². The summed E-state index contributed by atoms with van der Waals surface area (Å²) < 4.78 is 32.0. The Balaban J connectivity index is 1.47. The van der Waals surface area contributed by atoms with Crippen LogP contribution in [0.5, 0.6) is 0 Å². The van der Waals surface area contributed by atoms with Crippen LogP contribution >= 0.6 is 0 Å². The Morgan fingerprint density at radius 2 is 1.61 bits per heavy atom. The monoisotopic (exact) mass is 443 g/mol. The largest absolute Gasteiger partial charge is 0.379 e. The molecular formula is C22H25N3O5S. The van der Waals surface area contributed by atoms with Crippen molar-refractivity contribution in [1.29, 1.82) is 0 Å². The van der Waals surface area contributed by atoms with Crippen LogP contribution in [-0.2, 0) is 14.8 Å². The van der Waals surface area contributed by atoms with Crippen molar-refractivity contribution >= 4 is 27.5 Å². The third-order valence-corrected chi connectivity index (χ3v) is 7.30. The summed E-state index contributed by atoms with van der Waals surface area (Å²) in [5, 5.41) is 5.75. The summed E-state index contributed by atoms with van der Waals surface area (Å²) in [6, 6.07) is 11.3. The van der Waals surface area contributed by atoms with E-state index in [9.17, 15) is 18.0 Å². The molecule has 0 aromatic heterocycles. The maximum absolute atomic E-state index is 12.7. The number of nitrogens with zero attached hydrogens (tertiary/aromatic N) is 1. The fraction of sp³-hybridized carbons (Fsp3) is 0.364. The van der Waals surface area contributed by atoms with Gasteiger partial charge in [0, 0.05) is 35.9 Å². The lowest BCUT2D eigenvalue weighted by atomic mass is 10.1. The second kappa shape index (κ2) is 8.78. The van der Waals surface area contributed by atoms with E-state index in [0.29, 0.717) is 43.1 Å². The maximum Gasteiger partial charge on any atom is 0.255 e. The van der Waals surface area contributed by atoms with Gasteiger partial charge in [-0.15, -0.1) is 0 Å². The number of morpholine rings is 1. The molecule has 1 aliphatic carbocycles. The second-order valence-electron chi connectivity index (χ2n) is 7.77. The maximum atomic E-state index is 12.7. The van der Waals surface area contributed by atoms with Crippen LogP contribution in [0.1, 0.15) is 39.1 Å². The molecule has 0 atom stereocenters. The number of carbonyl (C=O) groups excluding carboxylic acids is 2. The number of aryl methyl sites for hydroxylation is 1. The topological polar surface area (TPSA) is 105 Å². The van der Waals surface area contributed by atoms with Gasteiger partial charge in [0.05, 0.1) is 18.1 Å². The molecule has 8 nitrogen and oxygen atoms in total. The zero-order valence-corrected chi connectivity index (χ0v) is 18.1. The lowest BCUT2D eigenvalue weighted by Crippen LogP contribution is -2.40. The number of hydrogen-bond donors (Lipinski definition) is 2. The molecule has 2 N–H and O–H groups in total. The molecule has 2 fully saturated rings. The third kappa shape index (κ3) is 4.95. The van der Waals surface area contributed by atoms with Crippen LogP contribution < -0.4 is 10.6 Å². The first kappa shape index (κ1) is 21.5. The Kier molecular flexibility index (Phi) is 6.08. The van der Waals surface area contributed by atoms with E-state index in [1.807, 2.05) is 6.92 Å². The van der Waals surface area contributed by atoms with Crippen LogP contribution in [0, 0.1) is 6.92 Å². The fourth-order valence-electron chi connectivity index (χ4n) is 3.30. The molecule has 1 aliphatic heterocycles. The Morgan fingerprint density at radius 3 is 2.26 bits per heavy atom. The number of anilines is 1. The number of hydrogen-bond acceptors (Lipinski definition) is 5. The number of rotatable bonds is 6. The van der Waals surface area contributed by atoms with Crippen LogP contribution in [0.15, 0.2) is 47.4 Å². The van der Waals surface area contributed by atoms with Crippen molar-refractivity contribution in [3.8, 4) is 0 Å². The Hall–Kier alpha value is -2.75. The zero-order chi connectivity index (χ0) is 22.0. The van der Waals surface area contributed by atoms with Crippen LogP contribution in [0.3, 0.4) is 0 Å². The van der Waals surface area contributed by atoms with Gasteiger partial charge in [-0.25, -0.2) is 8.42 Å². The average molecular weight is 444 g/mol. The number of benzene rings is 2. The molecule has 2 aromatic rings. The van der Waals surface area contributed by atoms with Gasteiger partial charge in [-0.2, -0.15) is 4.31 Å². The standard InChI is InChI=1S/C22H25N3O5S/c1-15-2-3-17(22(27)23-18-6-7-18)14-20(15)24-21(26)16-4-8-19(9-5-16)31(28,29)25-10-12-30-13-11-25/h2-5,8-9,14,18H,6-7,10-13H2,1H3,(H,23,27)(H,24,26). The molecule has 4 rings (SSSR count). The normalized spacial score (nSPS) is 17.2. The van der Waals surface area contributed by atoms with Gasteiger partial charge >= 0.3 is 0 Å². The quantitative estimate of drug-likeness (QED) is 0.712. The van der Waals surface area contributed by atoms with Crippen LogP contribution in [0.25, 0.3) is 0 Å². The Labute approximate surface area is 181 Å². The van der Waals surface area contributed by atoms with E-state index in [4.69, 9.17) is 4.74 Å². The van der Waals surface area contributed by atoms with E-state index in [-0.39, 0.29) is 22.8 Å². The first-order valence-electron chi connectivity index (χ1n) is 10.3. The van der Waals surface area contributed by atoms with Gasteiger partial charge in [0.1, 0.15) is 0 Å². The molecule has 1 heterocycles. The molecule has 2 amide bonds. The molecule has 2 aromatic carbocycles. The van der Waals surface area contributed by atoms with Crippen molar-refractivity contribution in [1.82, 2.24) is 9.62 Å². The van der Waals surface area contributed by atoms with Crippen LogP contribution in [-0.4, -0.2) is 56.9 Å². The lowest BCUT2D eigenvalue weighted by molar-refractivity contribution is 0.0730. The van der Waals surface area contributed by atoms with Crippen molar-refractivity contribution < 1.29 is 22.7 Å². The summed E-state index contributed by atoms with van der Waals surface area (Å²) in [5.41, 5.74) is 2.18. The average Bonchev–Trinajstić information content (AvgIpc) is 3.60. The smallest absolute Gasteiger partial charge is 0.255 e. The van der Waals surface area contributed by atoms with Gasteiger partial charge in [0.15, 0.2) is 0 Å². The highest BCUT2D eigenvalue weighted by atomic mass is 32.2. The molecule has 164 valence electrons. The first-order chi connectivity index (χ1) is 14.8. The molecule has 0 spiro atoms. The minimum atomic E-state index is -3.61. The highest BCUT2D eigenvalue weighted by molar-refractivity contribution is 7.89. The van der Waals surface area contributed by atoms with Crippen molar-refractivity contribution in [3.63, 3.8) is 0 Å². The van der Waals surface area contributed by atoms with Crippen LogP contribution in [0.4, 0.5) is 5.69 Å². The van der Waals surface area contributed by atoms with Gasteiger partial charge in [-0.1, -0.05) is 6.07 Å². The summed E-state index contributed by atoms with van der Waals surface area (Å²) >= 11 is 0. The predicted octanol–water partition coefficient (Wildman–Crippen LogP) is 2.16. The fourth-order valence-corrected chi connectivity index (χ4v) is 4.71. The number of amides is 2. The van der Waals surface area contributed by atoms with Crippen molar-refractivity contribution in [2.45, 2.75) is 30.7 Å². The summed E-state index contributed by atoms with van der Waals surface area (Å²) in [5.74, 6) is -0.533. The molecule has 0 bridgehead atoms. The molecule has 9 heteroatoms. The molecule has 1 saturated heterocycles. The molecule has 0 radical (unpaired) electrons. The molecule has 2 aliphatic rings. The lowest BCUT2D eigenvalue weighted by Gasteiger charge is -2.26. The van der Waals surface area contributed by atoms with E-state index in [0.717, 1.165) is 18.4 Å². The molecular weight excluding hydrogens is 418 g/mol.